The molecule has 5 rings (SSSR count). The zero-order chi connectivity index (χ0) is 18.5. The molecule has 6 heteroatoms. The Hall–Kier alpha value is -2.96. The second-order valence-corrected chi connectivity index (χ2v) is 8.34. The van der Waals surface area contributed by atoms with Crippen molar-refractivity contribution in [3.05, 3.63) is 70.5 Å². The molecule has 132 valence electrons. The van der Waals surface area contributed by atoms with Gasteiger partial charge < -0.3 is 4.98 Å². The van der Waals surface area contributed by atoms with E-state index in [1.807, 2.05) is 54.0 Å². The Kier molecular flexibility index (Phi) is 3.63. The van der Waals surface area contributed by atoms with Gasteiger partial charge in [0.1, 0.15) is 0 Å². The number of H-pyrrole nitrogens is 1. The maximum absolute atomic E-state index is 12.9. The van der Waals surface area contributed by atoms with Gasteiger partial charge in [-0.3, -0.25) is 14.5 Å². The summed E-state index contributed by atoms with van der Waals surface area (Å²) in [5, 5.41) is 2.97. The molecule has 1 aromatic carbocycles. The van der Waals surface area contributed by atoms with Crippen molar-refractivity contribution in [1.82, 2.24) is 9.88 Å². The standard InChI is InChI=1S/C21H14N2O2S2/c1-23-20(24)18(13-11-22-14-6-3-2-5-12(13)14)19(21(23)25)17-9-8-16(27-17)15-7-4-10-26-15/h2-11,22H,1H3. The van der Waals surface area contributed by atoms with Crippen molar-refractivity contribution in [2.24, 2.45) is 0 Å². The second-order valence-electron chi connectivity index (χ2n) is 6.31. The van der Waals surface area contributed by atoms with Crippen molar-refractivity contribution >= 4 is 56.5 Å². The first kappa shape index (κ1) is 16.2. The van der Waals surface area contributed by atoms with Crippen LogP contribution in [0, 0.1) is 0 Å². The number of carbonyl (C=O) groups is 2. The number of benzene rings is 1. The lowest BCUT2D eigenvalue weighted by Gasteiger charge is -2.06. The minimum absolute atomic E-state index is 0.250. The normalized spacial score (nSPS) is 14.8. The maximum atomic E-state index is 12.9. The number of imide groups is 1. The average molecular weight is 390 g/mol. The lowest BCUT2D eigenvalue weighted by Crippen LogP contribution is -2.26. The number of fused-ring (bicyclic) bond motifs is 1. The van der Waals surface area contributed by atoms with Gasteiger partial charge in [-0.05, 0) is 29.6 Å². The molecular formula is C21H14N2O2S2. The Morgan fingerprint density at radius 2 is 1.63 bits per heavy atom. The second kappa shape index (κ2) is 6.04. The van der Waals surface area contributed by atoms with E-state index >= 15 is 0 Å². The molecule has 0 radical (unpaired) electrons. The van der Waals surface area contributed by atoms with Crippen LogP contribution in [0.4, 0.5) is 0 Å². The van der Waals surface area contributed by atoms with Crippen molar-refractivity contribution < 1.29 is 9.59 Å². The van der Waals surface area contributed by atoms with Gasteiger partial charge in [0.25, 0.3) is 11.8 Å². The van der Waals surface area contributed by atoms with E-state index in [2.05, 4.69) is 11.1 Å². The van der Waals surface area contributed by atoms with E-state index in [1.165, 1.54) is 4.90 Å². The van der Waals surface area contributed by atoms with E-state index < -0.39 is 0 Å². The molecule has 1 N–H and O–H groups in total. The van der Waals surface area contributed by atoms with Gasteiger partial charge in [0.2, 0.25) is 0 Å². The van der Waals surface area contributed by atoms with Crippen LogP contribution in [0.25, 0.3) is 31.8 Å². The van der Waals surface area contributed by atoms with Crippen LogP contribution in [0.1, 0.15) is 10.4 Å². The van der Waals surface area contributed by atoms with Crippen molar-refractivity contribution in [3.63, 3.8) is 0 Å². The smallest absolute Gasteiger partial charge is 0.262 e. The highest BCUT2D eigenvalue weighted by Gasteiger charge is 2.38. The summed E-state index contributed by atoms with van der Waals surface area (Å²) >= 11 is 3.21. The van der Waals surface area contributed by atoms with E-state index in [1.54, 1.807) is 29.7 Å². The minimum atomic E-state index is -0.258. The Labute approximate surface area is 163 Å². The summed E-state index contributed by atoms with van der Waals surface area (Å²) < 4.78 is 0. The molecule has 0 spiro atoms. The third-order valence-electron chi connectivity index (χ3n) is 4.76. The number of likely N-dealkylation sites (N-methyl/N-ethyl adjacent to an activating group) is 1. The SMILES string of the molecule is CN1C(=O)C(c2ccc(-c3cccs3)s2)=C(c2c[nH]c3ccccc23)C1=O. The van der Waals surface area contributed by atoms with E-state index in [0.29, 0.717) is 11.1 Å². The van der Waals surface area contributed by atoms with Crippen LogP contribution in [-0.4, -0.2) is 28.7 Å². The lowest BCUT2D eigenvalue weighted by molar-refractivity contribution is -0.134. The monoisotopic (exact) mass is 390 g/mol. The topological polar surface area (TPSA) is 53.2 Å². The van der Waals surface area contributed by atoms with Crippen LogP contribution in [0.5, 0.6) is 0 Å². The van der Waals surface area contributed by atoms with Gasteiger partial charge in [-0.15, -0.1) is 22.7 Å². The highest BCUT2D eigenvalue weighted by Crippen LogP contribution is 2.42. The molecule has 1 aliphatic heterocycles. The zero-order valence-electron chi connectivity index (χ0n) is 14.4. The van der Waals surface area contributed by atoms with E-state index in [4.69, 9.17) is 0 Å². The summed E-state index contributed by atoms with van der Waals surface area (Å²) in [7, 11) is 1.54. The summed E-state index contributed by atoms with van der Waals surface area (Å²) in [6, 6.07) is 15.8. The molecule has 0 saturated carbocycles. The van der Waals surface area contributed by atoms with Crippen LogP contribution in [-0.2, 0) is 9.59 Å². The molecule has 4 heterocycles. The van der Waals surface area contributed by atoms with Crippen molar-refractivity contribution in [2.45, 2.75) is 0 Å². The first-order valence-corrected chi connectivity index (χ1v) is 10.1. The molecule has 2 amide bonds. The molecular weight excluding hydrogens is 376 g/mol. The molecule has 1 aliphatic rings. The molecule has 4 nitrogen and oxygen atoms in total. The Morgan fingerprint density at radius 1 is 0.852 bits per heavy atom. The summed E-state index contributed by atoms with van der Waals surface area (Å²) in [4.78, 5) is 33.3. The van der Waals surface area contributed by atoms with Crippen LogP contribution >= 0.6 is 22.7 Å². The fraction of sp³-hybridized carbons (Fsp3) is 0.0476. The number of amides is 2. The summed E-state index contributed by atoms with van der Waals surface area (Å²) in [5.74, 6) is -0.509. The fourth-order valence-electron chi connectivity index (χ4n) is 3.42. The number of aromatic amines is 1. The number of nitrogens with zero attached hydrogens (tertiary/aromatic N) is 1. The van der Waals surface area contributed by atoms with Gasteiger partial charge in [-0.1, -0.05) is 24.3 Å². The van der Waals surface area contributed by atoms with Crippen LogP contribution < -0.4 is 0 Å². The van der Waals surface area contributed by atoms with Crippen LogP contribution in [0.15, 0.2) is 60.1 Å². The van der Waals surface area contributed by atoms with E-state index in [9.17, 15) is 9.59 Å². The van der Waals surface area contributed by atoms with Crippen LogP contribution in [0.3, 0.4) is 0 Å². The van der Waals surface area contributed by atoms with E-state index in [-0.39, 0.29) is 11.8 Å². The first-order chi connectivity index (χ1) is 13.1. The van der Waals surface area contributed by atoms with Gasteiger partial charge in [0, 0.05) is 44.3 Å². The number of hydrogen-bond donors (Lipinski definition) is 1. The van der Waals surface area contributed by atoms with Crippen LogP contribution in [0.2, 0.25) is 0 Å². The Morgan fingerprint density at radius 3 is 2.44 bits per heavy atom. The largest absolute Gasteiger partial charge is 0.361 e. The number of rotatable bonds is 3. The van der Waals surface area contributed by atoms with Crippen molar-refractivity contribution in [1.29, 1.82) is 0 Å². The maximum Gasteiger partial charge on any atom is 0.262 e. The number of para-hydroxylation sites is 1. The van der Waals surface area contributed by atoms with Gasteiger partial charge >= 0.3 is 0 Å². The molecule has 4 aromatic rings. The average Bonchev–Trinajstić information content (AvgIpc) is 3.45. The summed E-state index contributed by atoms with van der Waals surface area (Å²) in [6.45, 7) is 0. The third kappa shape index (κ3) is 2.41. The lowest BCUT2D eigenvalue weighted by atomic mass is 10.00. The molecule has 0 saturated heterocycles. The molecule has 0 fully saturated rings. The third-order valence-corrected chi connectivity index (χ3v) is 6.93. The fourth-order valence-corrected chi connectivity index (χ4v) is 5.31. The number of aromatic nitrogens is 1. The van der Waals surface area contributed by atoms with Gasteiger partial charge in [-0.2, -0.15) is 0 Å². The van der Waals surface area contributed by atoms with E-state index in [0.717, 1.165) is 31.1 Å². The van der Waals surface area contributed by atoms with Gasteiger partial charge in [-0.25, -0.2) is 0 Å². The molecule has 27 heavy (non-hydrogen) atoms. The minimum Gasteiger partial charge on any atom is -0.361 e. The molecule has 0 bridgehead atoms. The predicted octanol–water partition coefficient (Wildman–Crippen LogP) is 4.87. The predicted molar refractivity (Wildman–Crippen MR) is 111 cm³/mol. The Balaban J connectivity index is 1.73. The number of thiophene rings is 2. The highest BCUT2D eigenvalue weighted by atomic mass is 32.1. The Bertz CT molecular complexity index is 1230. The molecule has 3 aromatic heterocycles. The highest BCUT2D eigenvalue weighted by molar-refractivity contribution is 7.22. The number of carbonyl (C=O) groups excluding carboxylic acids is 2. The molecule has 0 aliphatic carbocycles. The van der Waals surface area contributed by atoms with Crippen molar-refractivity contribution in [3.8, 4) is 9.75 Å². The molecule has 0 unspecified atom stereocenters. The zero-order valence-corrected chi connectivity index (χ0v) is 16.0. The summed E-state index contributed by atoms with van der Waals surface area (Å²) in [6.07, 6.45) is 1.82. The summed E-state index contributed by atoms with van der Waals surface area (Å²) in [5.41, 5.74) is 2.67. The first-order valence-electron chi connectivity index (χ1n) is 8.42. The quantitative estimate of drug-likeness (QED) is 0.508. The van der Waals surface area contributed by atoms with Gasteiger partial charge in [0.15, 0.2) is 0 Å². The molecule has 0 atom stereocenters. The van der Waals surface area contributed by atoms with Gasteiger partial charge in [0.05, 0.1) is 11.1 Å². The number of nitrogens with one attached hydrogen (secondary N) is 1. The van der Waals surface area contributed by atoms with Crippen molar-refractivity contribution in [2.75, 3.05) is 7.05 Å². The number of hydrogen-bond acceptors (Lipinski definition) is 4.